The van der Waals surface area contributed by atoms with Crippen molar-refractivity contribution in [1.29, 1.82) is 0 Å². The van der Waals surface area contributed by atoms with Gasteiger partial charge >= 0.3 is 0 Å². The summed E-state index contributed by atoms with van der Waals surface area (Å²) < 4.78 is 0. The third-order valence-corrected chi connectivity index (χ3v) is 5.96. The largest absolute Gasteiger partial charge is 0.322 e. The van der Waals surface area contributed by atoms with Gasteiger partial charge in [0.25, 0.3) is 11.8 Å². The van der Waals surface area contributed by atoms with Crippen LogP contribution in [0.4, 0.5) is 11.4 Å². The summed E-state index contributed by atoms with van der Waals surface area (Å²) in [7, 11) is 0. The molecule has 2 amide bonds. The molecule has 5 heteroatoms. The van der Waals surface area contributed by atoms with Crippen molar-refractivity contribution in [3.05, 3.63) is 89.2 Å². The van der Waals surface area contributed by atoms with Gasteiger partial charge in [0, 0.05) is 17.6 Å². The van der Waals surface area contributed by atoms with Gasteiger partial charge in [-0.1, -0.05) is 52.0 Å². The van der Waals surface area contributed by atoms with Gasteiger partial charge in [-0.3, -0.25) is 14.6 Å². The minimum Gasteiger partial charge on any atom is -0.322 e. The normalized spacial score (nSPS) is 12.6. The molecule has 2 atom stereocenters. The first-order valence-corrected chi connectivity index (χ1v) is 11.2. The van der Waals surface area contributed by atoms with Gasteiger partial charge in [0.15, 0.2) is 0 Å². The molecule has 0 radical (unpaired) electrons. The molecule has 32 heavy (non-hydrogen) atoms. The molecule has 0 saturated carbocycles. The van der Waals surface area contributed by atoms with E-state index < -0.39 is 0 Å². The van der Waals surface area contributed by atoms with Gasteiger partial charge in [-0.05, 0) is 72.2 Å². The number of hydrogen-bond donors (Lipinski definition) is 2. The van der Waals surface area contributed by atoms with Gasteiger partial charge in [-0.15, -0.1) is 0 Å². The van der Waals surface area contributed by atoms with Crippen molar-refractivity contribution in [3.8, 4) is 0 Å². The van der Waals surface area contributed by atoms with Crippen LogP contribution in [-0.2, 0) is 0 Å². The lowest BCUT2D eigenvalue weighted by atomic mass is 9.98. The van der Waals surface area contributed by atoms with Crippen LogP contribution in [0.3, 0.4) is 0 Å². The number of hydrogen-bond acceptors (Lipinski definition) is 3. The van der Waals surface area contributed by atoms with Crippen LogP contribution >= 0.6 is 0 Å². The Morgan fingerprint density at radius 3 is 1.59 bits per heavy atom. The molecule has 0 spiro atoms. The summed E-state index contributed by atoms with van der Waals surface area (Å²) in [5, 5.41) is 5.72. The quantitative estimate of drug-likeness (QED) is 0.423. The van der Waals surface area contributed by atoms with Crippen molar-refractivity contribution in [1.82, 2.24) is 4.98 Å². The van der Waals surface area contributed by atoms with Gasteiger partial charge in [-0.25, -0.2) is 0 Å². The predicted molar refractivity (Wildman–Crippen MR) is 130 cm³/mol. The number of benzene rings is 2. The smallest absolute Gasteiger partial charge is 0.274 e. The second kappa shape index (κ2) is 10.7. The number of nitrogens with zero attached hydrogens (tertiary/aromatic N) is 1. The minimum atomic E-state index is -0.311. The van der Waals surface area contributed by atoms with Gasteiger partial charge < -0.3 is 10.6 Å². The van der Waals surface area contributed by atoms with Crippen LogP contribution in [0.5, 0.6) is 0 Å². The number of aromatic nitrogens is 1. The standard InChI is InChI=1S/C27H31N3O2/c1-5-18(3)20-7-12-23(13-8-20)29-26(31)22-11-16-25(28-17-22)27(32)30-24-14-9-21(10-15-24)19(4)6-2/h7-19H,5-6H2,1-4H3,(H,29,31)(H,30,32)/t18-,19-/m1/s1. The predicted octanol–water partition coefficient (Wildman–Crippen LogP) is 6.61. The fourth-order valence-corrected chi connectivity index (χ4v) is 3.32. The first-order valence-electron chi connectivity index (χ1n) is 11.2. The van der Waals surface area contributed by atoms with E-state index in [-0.39, 0.29) is 17.5 Å². The van der Waals surface area contributed by atoms with Gasteiger partial charge in [0.2, 0.25) is 0 Å². The van der Waals surface area contributed by atoms with Crippen LogP contribution in [0, 0.1) is 0 Å². The van der Waals surface area contributed by atoms with Gasteiger partial charge in [-0.2, -0.15) is 0 Å². The number of carbonyl (C=O) groups excluding carboxylic acids is 2. The Kier molecular flexibility index (Phi) is 7.77. The van der Waals surface area contributed by atoms with Gasteiger partial charge in [0.1, 0.15) is 5.69 Å². The number of anilines is 2. The summed E-state index contributed by atoms with van der Waals surface area (Å²) in [6.45, 7) is 8.66. The topological polar surface area (TPSA) is 71.1 Å². The average Bonchev–Trinajstić information content (AvgIpc) is 2.84. The van der Waals surface area contributed by atoms with E-state index >= 15 is 0 Å². The highest BCUT2D eigenvalue weighted by Gasteiger charge is 2.12. The summed E-state index contributed by atoms with van der Waals surface area (Å²) in [6, 6.07) is 18.9. The summed E-state index contributed by atoms with van der Waals surface area (Å²) in [5.41, 5.74) is 4.58. The Morgan fingerprint density at radius 1 is 0.719 bits per heavy atom. The van der Waals surface area contributed by atoms with Crippen molar-refractivity contribution in [2.24, 2.45) is 0 Å². The lowest BCUT2D eigenvalue weighted by molar-refractivity contribution is 0.101. The van der Waals surface area contributed by atoms with Crippen molar-refractivity contribution in [2.45, 2.75) is 52.4 Å². The summed E-state index contributed by atoms with van der Waals surface area (Å²) in [4.78, 5) is 29.2. The first kappa shape index (κ1) is 23.2. The maximum Gasteiger partial charge on any atom is 0.274 e. The van der Waals surface area contributed by atoms with E-state index in [4.69, 9.17) is 0 Å². The zero-order valence-corrected chi connectivity index (χ0v) is 19.2. The molecule has 0 bridgehead atoms. The molecule has 1 aromatic heterocycles. The van der Waals surface area contributed by atoms with Crippen LogP contribution in [0.25, 0.3) is 0 Å². The molecule has 0 fully saturated rings. The van der Waals surface area contributed by atoms with Crippen LogP contribution in [-0.4, -0.2) is 16.8 Å². The molecule has 0 saturated heterocycles. The lowest BCUT2D eigenvalue weighted by Crippen LogP contribution is -2.16. The first-order chi connectivity index (χ1) is 15.4. The highest BCUT2D eigenvalue weighted by atomic mass is 16.2. The van der Waals surface area contributed by atoms with Crippen LogP contribution in [0.2, 0.25) is 0 Å². The van der Waals surface area contributed by atoms with E-state index in [1.54, 1.807) is 12.1 Å². The number of nitrogens with one attached hydrogen (secondary N) is 2. The zero-order chi connectivity index (χ0) is 23.1. The molecule has 0 aliphatic rings. The molecule has 1 heterocycles. The Labute approximate surface area is 190 Å². The van der Waals surface area contributed by atoms with Crippen LogP contribution in [0.1, 0.15) is 84.3 Å². The Bertz CT molecular complexity index is 955. The number of pyridine rings is 1. The molecular formula is C27H31N3O2. The van der Waals surface area contributed by atoms with E-state index in [9.17, 15) is 9.59 Å². The van der Waals surface area contributed by atoms with Crippen molar-refractivity contribution < 1.29 is 9.59 Å². The highest BCUT2D eigenvalue weighted by molar-refractivity contribution is 6.06. The fraction of sp³-hybridized carbons (Fsp3) is 0.296. The van der Waals surface area contributed by atoms with Crippen LogP contribution in [0.15, 0.2) is 66.9 Å². The maximum atomic E-state index is 12.5. The van der Waals surface area contributed by atoms with E-state index in [0.717, 1.165) is 18.5 Å². The molecule has 166 valence electrons. The fourth-order valence-electron chi connectivity index (χ4n) is 3.32. The Balaban J connectivity index is 1.60. The maximum absolute atomic E-state index is 12.5. The third-order valence-electron chi connectivity index (χ3n) is 5.96. The molecular weight excluding hydrogens is 398 g/mol. The monoisotopic (exact) mass is 429 g/mol. The molecule has 2 aromatic carbocycles. The molecule has 3 rings (SSSR count). The Morgan fingerprint density at radius 2 is 1.19 bits per heavy atom. The van der Waals surface area contributed by atoms with Crippen molar-refractivity contribution in [2.75, 3.05) is 10.6 Å². The highest BCUT2D eigenvalue weighted by Crippen LogP contribution is 2.22. The van der Waals surface area contributed by atoms with Crippen LogP contribution < -0.4 is 10.6 Å². The second-order valence-corrected chi connectivity index (χ2v) is 8.20. The molecule has 3 aromatic rings. The number of rotatable bonds is 8. The second-order valence-electron chi connectivity index (χ2n) is 8.20. The van der Waals surface area contributed by atoms with Gasteiger partial charge in [0.05, 0.1) is 5.56 Å². The summed E-state index contributed by atoms with van der Waals surface area (Å²) in [6.07, 6.45) is 3.56. The number of carbonyl (C=O) groups is 2. The molecule has 5 nitrogen and oxygen atoms in total. The summed E-state index contributed by atoms with van der Waals surface area (Å²) >= 11 is 0. The van der Waals surface area contributed by atoms with E-state index in [1.807, 2.05) is 48.5 Å². The average molecular weight is 430 g/mol. The lowest BCUT2D eigenvalue weighted by Gasteiger charge is -2.11. The van der Waals surface area contributed by atoms with E-state index in [1.165, 1.54) is 17.3 Å². The SMILES string of the molecule is CC[C@@H](C)c1ccc(NC(=O)c2ccc(C(=O)Nc3ccc([C@H](C)CC)cc3)nc2)cc1. The third kappa shape index (κ3) is 5.82. The Hall–Kier alpha value is -3.47. The van der Waals surface area contributed by atoms with E-state index in [0.29, 0.717) is 23.1 Å². The molecule has 2 N–H and O–H groups in total. The minimum absolute atomic E-state index is 0.255. The zero-order valence-electron chi connectivity index (χ0n) is 19.2. The summed E-state index contributed by atoms with van der Waals surface area (Å²) in [5.74, 6) is 0.397. The molecule has 0 aliphatic heterocycles. The number of amides is 2. The van der Waals surface area contributed by atoms with Crippen molar-refractivity contribution in [3.63, 3.8) is 0 Å². The molecule has 0 unspecified atom stereocenters. The van der Waals surface area contributed by atoms with Crippen molar-refractivity contribution >= 4 is 23.2 Å². The van der Waals surface area contributed by atoms with E-state index in [2.05, 4.69) is 43.3 Å². The molecule has 0 aliphatic carbocycles.